The average molecular weight is 294 g/mol. The molecule has 5 heteroatoms. The van der Waals surface area contributed by atoms with Crippen LogP contribution in [0.2, 0.25) is 0 Å². The lowest BCUT2D eigenvalue weighted by Gasteiger charge is -2.35. The van der Waals surface area contributed by atoms with Gasteiger partial charge in [-0.1, -0.05) is 6.92 Å². The Kier molecular flexibility index (Phi) is 3.84. The Hall–Kier alpha value is -1.26. The number of rotatable bonds is 4. The average Bonchev–Trinajstić information content (AvgIpc) is 3.36. The molecule has 0 aromatic rings. The molecule has 2 saturated carbocycles. The first-order chi connectivity index (χ1) is 10.1. The minimum absolute atomic E-state index is 0.0390. The van der Waals surface area contributed by atoms with Crippen LogP contribution in [0.15, 0.2) is 0 Å². The van der Waals surface area contributed by atoms with Crippen LogP contribution in [0.1, 0.15) is 39.0 Å². The highest BCUT2D eigenvalue weighted by atomic mass is 16.5. The van der Waals surface area contributed by atoms with E-state index in [4.69, 9.17) is 4.74 Å². The zero-order valence-electron chi connectivity index (χ0n) is 13.1. The Labute approximate surface area is 126 Å². The Morgan fingerprint density at radius 1 is 1.29 bits per heavy atom. The van der Waals surface area contributed by atoms with Crippen molar-refractivity contribution in [3.05, 3.63) is 0 Å². The van der Waals surface area contributed by atoms with Crippen molar-refractivity contribution in [2.24, 2.45) is 23.2 Å². The van der Waals surface area contributed by atoms with Gasteiger partial charge in [0.05, 0.1) is 13.0 Å². The predicted octanol–water partition coefficient (Wildman–Crippen LogP) is 2.02. The van der Waals surface area contributed by atoms with Gasteiger partial charge in [0.2, 0.25) is 0 Å². The van der Waals surface area contributed by atoms with Crippen LogP contribution in [0.5, 0.6) is 0 Å². The molecular weight excluding hydrogens is 268 g/mol. The van der Waals surface area contributed by atoms with Gasteiger partial charge in [-0.3, -0.25) is 4.79 Å². The van der Waals surface area contributed by atoms with Gasteiger partial charge in [-0.25, -0.2) is 4.79 Å². The fourth-order valence-corrected chi connectivity index (χ4v) is 3.78. The van der Waals surface area contributed by atoms with Crippen LogP contribution in [-0.2, 0) is 9.53 Å². The van der Waals surface area contributed by atoms with E-state index in [1.807, 2.05) is 11.8 Å². The predicted molar refractivity (Wildman–Crippen MR) is 78.6 cm³/mol. The maximum absolute atomic E-state index is 12.3. The molecule has 3 rings (SSSR count). The quantitative estimate of drug-likeness (QED) is 0.807. The van der Waals surface area contributed by atoms with Crippen LogP contribution in [0.3, 0.4) is 0 Å². The van der Waals surface area contributed by atoms with Crippen LogP contribution < -0.4 is 5.32 Å². The summed E-state index contributed by atoms with van der Waals surface area (Å²) in [5, 5.41) is 3.13. The molecule has 0 bridgehead atoms. The van der Waals surface area contributed by atoms with Crippen molar-refractivity contribution in [3.63, 3.8) is 0 Å². The highest BCUT2D eigenvalue weighted by molar-refractivity contribution is 5.76. The van der Waals surface area contributed by atoms with Crippen molar-refractivity contribution >= 4 is 12.0 Å². The third-order valence-corrected chi connectivity index (χ3v) is 5.62. The smallest absolute Gasteiger partial charge is 0.317 e. The monoisotopic (exact) mass is 294 g/mol. The van der Waals surface area contributed by atoms with E-state index >= 15 is 0 Å². The van der Waals surface area contributed by atoms with Gasteiger partial charge in [0.15, 0.2) is 0 Å². The van der Waals surface area contributed by atoms with E-state index in [1.54, 1.807) is 0 Å². The lowest BCUT2D eigenvalue weighted by Crippen LogP contribution is -2.50. The van der Waals surface area contributed by atoms with Crippen molar-refractivity contribution in [2.75, 3.05) is 26.7 Å². The normalized spacial score (nSPS) is 30.7. The van der Waals surface area contributed by atoms with Crippen molar-refractivity contribution < 1.29 is 14.3 Å². The van der Waals surface area contributed by atoms with Gasteiger partial charge in [0.1, 0.15) is 0 Å². The summed E-state index contributed by atoms with van der Waals surface area (Å²) in [6, 6.07) is 0.0390. The maximum Gasteiger partial charge on any atom is 0.317 e. The number of carbonyl (C=O) groups excluding carboxylic acids is 2. The zero-order chi connectivity index (χ0) is 15.0. The first-order valence-electron chi connectivity index (χ1n) is 8.16. The summed E-state index contributed by atoms with van der Waals surface area (Å²) in [4.78, 5) is 25.8. The molecule has 5 nitrogen and oxygen atoms in total. The molecule has 0 radical (unpaired) electrons. The Bertz CT molecular complexity index is 429. The van der Waals surface area contributed by atoms with Crippen LogP contribution in [0, 0.1) is 23.2 Å². The molecule has 3 fully saturated rings. The number of urea groups is 1. The van der Waals surface area contributed by atoms with Crippen LogP contribution in [-0.4, -0.2) is 43.6 Å². The molecule has 2 atom stereocenters. The third kappa shape index (κ3) is 3.01. The highest BCUT2D eigenvalue weighted by Crippen LogP contribution is 2.60. The summed E-state index contributed by atoms with van der Waals surface area (Å²) in [7, 11) is 1.43. The summed E-state index contributed by atoms with van der Waals surface area (Å²) in [6.45, 7) is 4.14. The number of piperidine rings is 1. The number of nitrogens with zero attached hydrogens (tertiary/aromatic N) is 1. The Morgan fingerprint density at radius 2 is 2.00 bits per heavy atom. The van der Waals surface area contributed by atoms with Gasteiger partial charge in [0.25, 0.3) is 0 Å². The first-order valence-corrected chi connectivity index (χ1v) is 8.16. The number of hydrogen-bond donors (Lipinski definition) is 1. The van der Waals surface area contributed by atoms with E-state index in [2.05, 4.69) is 5.32 Å². The third-order valence-electron chi connectivity index (χ3n) is 5.62. The van der Waals surface area contributed by atoms with E-state index in [9.17, 15) is 9.59 Å². The summed E-state index contributed by atoms with van der Waals surface area (Å²) in [6.07, 6.45) is 5.95. The van der Waals surface area contributed by atoms with Gasteiger partial charge in [-0.15, -0.1) is 0 Å². The standard InChI is InChI=1S/C16H26N2O3/c1-11-9-18(8-5-13(11)14(19)21-2)15(20)17-10-16(6-7-16)12-3-4-12/h11-13H,3-10H2,1-2H3,(H,17,20)/t11-,13+/m1/s1. The fourth-order valence-electron chi connectivity index (χ4n) is 3.78. The highest BCUT2D eigenvalue weighted by Gasteiger charge is 2.53. The fraction of sp³-hybridized carbons (Fsp3) is 0.875. The second-order valence-electron chi connectivity index (χ2n) is 7.14. The van der Waals surface area contributed by atoms with E-state index in [1.165, 1.54) is 32.8 Å². The second kappa shape index (κ2) is 5.50. The SMILES string of the molecule is COC(=O)[C@H]1CCN(C(=O)NCC2(C3CC3)CC2)C[C@H]1C. The Balaban J connectivity index is 1.47. The number of amides is 2. The number of ether oxygens (including phenoxy) is 1. The molecule has 1 saturated heterocycles. The largest absolute Gasteiger partial charge is 0.469 e. The molecule has 3 aliphatic rings. The van der Waals surface area contributed by atoms with E-state index in [0.29, 0.717) is 24.9 Å². The number of methoxy groups -OCH3 is 1. The molecule has 2 aliphatic carbocycles. The number of likely N-dealkylation sites (tertiary alicyclic amines) is 1. The van der Waals surface area contributed by atoms with Crippen LogP contribution in [0.4, 0.5) is 4.79 Å². The molecular formula is C16H26N2O3. The lowest BCUT2D eigenvalue weighted by molar-refractivity contribution is -0.148. The summed E-state index contributed by atoms with van der Waals surface area (Å²) in [5.74, 6) is 0.811. The number of nitrogens with one attached hydrogen (secondary N) is 1. The van der Waals surface area contributed by atoms with E-state index in [-0.39, 0.29) is 23.8 Å². The topological polar surface area (TPSA) is 58.6 Å². The molecule has 0 aromatic carbocycles. The Morgan fingerprint density at radius 3 is 2.52 bits per heavy atom. The first kappa shape index (κ1) is 14.7. The van der Waals surface area contributed by atoms with Crippen molar-refractivity contribution in [1.29, 1.82) is 0 Å². The molecule has 21 heavy (non-hydrogen) atoms. The zero-order valence-corrected chi connectivity index (χ0v) is 13.1. The number of hydrogen-bond acceptors (Lipinski definition) is 3. The summed E-state index contributed by atoms with van der Waals surface area (Å²) in [5.41, 5.74) is 0.436. The molecule has 118 valence electrons. The van der Waals surface area contributed by atoms with Gasteiger partial charge in [0, 0.05) is 19.6 Å². The van der Waals surface area contributed by atoms with Gasteiger partial charge in [-0.2, -0.15) is 0 Å². The van der Waals surface area contributed by atoms with Gasteiger partial charge in [-0.05, 0) is 49.4 Å². The van der Waals surface area contributed by atoms with Crippen LogP contribution in [0.25, 0.3) is 0 Å². The lowest BCUT2D eigenvalue weighted by atomic mass is 9.87. The second-order valence-corrected chi connectivity index (χ2v) is 7.14. The number of esters is 1. The molecule has 0 unspecified atom stereocenters. The van der Waals surface area contributed by atoms with Crippen LogP contribution >= 0.6 is 0 Å². The molecule has 2 amide bonds. The minimum atomic E-state index is -0.145. The van der Waals surface area contributed by atoms with Crippen molar-refractivity contribution in [2.45, 2.75) is 39.0 Å². The van der Waals surface area contributed by atoms with E-state index in [0.717, 1.165) is 12.5 Å². The molecule has 0 aromatic heterocycles. The maximum atomic E-state index is 12.3. The molecule has 0 spiro atoms. The molecule has 1 N–H and O–H groups in total. The van der Waals surface area contributed by atoms with Gasteiger partial charge < -0.3 is 15.0 Å². The minimum Gasteiger partial charge on any atom is -0.469 e. The number of carbonyl (C=O) groups is 2. The summed E-state index contributed by atoms with van der Waals surface area (Å²) < 4.78 is 4.83. The van der Waals surface area contributed by atoms with Gasteiger partial charge >= 0.3 is 12.0 Å². The molecule has 1 aliphatic heterocycles. The van der Waals surface area contributed by atoms with Crippen molar-refractivity contribution in [3.8, 4) is 0 Å². The molecule has 1 heterocycles. The van der Waals surface area contributed by atoms with Crippen molar-refractivity contribution in [1.82, 2.24) is 10.2 Å². The van der Waals surface area contributed by atoms with E-state index < -0.39 is 0 Å². The summed E-state index contributed by atoms with van der Waals surface area (Å²) >= 11 is 0.